The highest BCUT2D eigenvalue weighted by Gasteiger charge is 1.91. The van der Waals surface area contributed by atoms with Gasteiger partial charge < -0.3 is 9.62 Å². The van der Waals surface area contributed by atoms with Gasteiger partial charge in [-0.05, 0) is 0 Å². The maximum absolute atomic E-state index is 3.98. The fourth-order valence-corrected chi connectivity index (χ4v) is 0.486. The van der Waals surface area contributed by atoms with Gasteiger partial charge in [0.2, 0.25) is 0 Å². The van der Waals surface area contributed by atoms with Crippen LogP contribution in [-0.2, 0) is 0 Å². The summed E-state index contributed by atoms with van der Waals surface area (Å²) in [6, 6.07) is 0. The fraction of sp³-hybridized carbons (Fsp3) is 0.333. The minimum Gasteiger partial charge on any atom is -0.372 e. The van der Waals surface area contributed by atoms with E-state index in [2.05, 4.69) is 18.1 Å². The van der Waals surface area contributed by atoms with Gasteiger partial charge in [-0.1, -0.05) is 12.8 Å². The number of nitrogens with one attached hydrogen (secondary N) is 1. The Morgan fingerprint density at radius 1 is 1.83 bits per heavy atom. The highest BCUT2D eigenvalue weighted by atomic mass is 32.1. The van der Waals surface area contributed by atoms with Crippen molar-refractivity contribution in [2.24, 2.45) is 0 Å². The third-order valence-electron chi connectivity index (χ3n) is 0.618. The van der Waals surface area contributed by atoms with E-state index >= 15 is 0 Å². The molecule has 1 heterocycles. The summed E-state index contributed by atoms with van der Waals surface area (Å²) in [5.74, 6) is 0. The first-order valence-corrected chi connectivity index (χ1v) is 2.15. The SMILES string of the molecule is SN1C=CNC1. The molecule has 0 fully saturated rings. The van der Waals surface area contributed by atoms with E-state index in [4.69, 9.17) is 0 Å². The molecule has 34 valence electrons. The molecule has 0 saturated carbocycles. The lowest BCUT2D eigenvalue weighted by Crippen LogP contribution is -2.09. The van der Waals surface area contributed by atoms with Crippen molar-refractivity contribution < 1.29 is 0 Å². The van der Waals surface area contributed by atoms with Crippen LogP contribution in [0.1, 0.15) is 0 Å². The maximum Gasteiger partial charge on any atom is 0.0972 e. The normalized spacial score (nSPS) is 18.5. The minimum absolute atomic E-state index is 0.823. The van der Waals surface area contributed by atoms with Gasteiger partial charge in [-0.2, -0.15) is 0 Å². The molecule has 0 aromatic carbocycles. The van der Waals surface area contributed by atoms with Crippen LogP contribution in [0.15, 0.2) is 12.4 Å². The van der Waals surface area contributed by atoms with E-state index in [1.54, 1.807) is 4.31 Å². The molecular weight excluding hydrogens is 96.1 g/mol. The average Bonchev–Trinajstić information content (AvgIpc) is 1.86. The van der Waals surface area contributed by atoms with E-state index in [1.807, 2.05) is 12.4 Å². The first-order chi connectivity index (χ1) is 2.89. The second-order valence-corrected chi connectivity index (χ2v) is 1.63. The molecule has 0 atom stereocenters. The van der Waals surface area contributed by atoms with Gasteiger partial charge in [0.05, 0.1) is 6.67 Å². The predicted molar refractivity (Wildman–Crippen MR) is 28.0 cm³/mol. The van der Waals surface area contributed by atoms with Crippen molar-refractivity contribution in [1.82, 2.24) is 9.62 Å². The third-order valence-corrected chi connectivity index (χ3v) is 0.893. The third kappa shape index (κ3) is 0.597. The molecular formula is C3H6N2S. The van der Waals surface area contributed by atoms with Crippen molar-refractivity contribution in [2.75, 3.05) is 6.67 Å². The zero-order valence-corrected chi connectivity index (χ0v) is 4.15. The topological polar surface area (TPSA) is 15.3 Å². The van der Waals surface area contributed by atoms with Crippen LogP contribution in [-0.4, -0.2) is 11.0 Å². The summed E-state index contributed by atoms with van der Waals surface area (Å²) in [4.78, 5) is 0. The summed E-state index contributed by atoms with van der Waals surface area (Å²) in [6.07, 6.45) is 3.72. The van der Waals surface area contributed by atoms with E-state index in [0.29, 0.717) is 0 Å². The van der Waals surface area contributed by atoms with Gasteiger partial charge in [-0.25, -0.2) is 0 Å². The van der Waals surface area contributed by atoms with Crippen LogP contribution in [0.4, 0.5) is 0 Å². The van der Waals surface area contributed by atoms with Crippen LogP contribution in [0.3, 0.4) is 0 Å². The summed E-state index contributed by atoms with van der Waals surface area (Å²) in [6.45, 7) is 0.823. The molecule has 0 unspecified atom stereocenters. The van der Waals surface area contributed by atoms with Gasteiger partial charge in [-0.3, -0.25) is 0 Å². The largest absolute Gasteiger partial charge is 0.372 e. The van der Waals surface area contributed by atoms with Crippen molar-refractivity contribution in [3.05, 3.63) is 12.4 Å². The van der Waals surface area contributed by atoms with Gasteiger partial charge in [0.15, 0.2) is 0 Å². The van der Waals surface area contributed by atoms with Crippen molar-refractivity contribution in [3.8, 4) is 0 Å². The van der Waals surface area contributed by atoms with Gasteiger partial charge in [0.25, 0.3) is 0 Å². The monoisotopic (exact) mass is 102 g/mol. The molecule has 0 aliphatic carbocycles. The molecule has 0 amide bonds. The quantitative estimate of drug-likeness (QED) is 0.424. The van der Waals surface area contributed by atoms with Gasteiger partial charge in [0.1, 0.15) is 0 Å². The maximum atomic E-state index is 3.98. The van der Waals surface area contributed by atoms with Crippen LogP contribution < -0.4 is 5.32 Å². The Hall–Kier alpha value is -0.310. The number of thiol groups is 1. The summed E-state index contributed by atoms with van der Waals surface area (Å²) in [5, 5.41) is 2.94. The van der Waals surface area contributed by atoms with Crippen molar-refractivity contribution in [3.63, 3.8) is 0 Å². The molecule has 0 spiro atoms. The van der Waals surface area contributed by atoms with Gasteiger partial charge in [0, 0.05) is 12.4 Å². The predicted octanol–water partition coefficient (Wildman–Crippen LogP) is 0.165. The first kappa shape index (κ1) is 3.87. The van der Waals surface area contributed by atoms with Crippen molar-refractivity contribution >= 4 is 12.8 Å². The molecule has 2 nitrogen and oxygen atoms in total. The van der Waals surface area contributed by atoms with Crippen LogP contribution in [0, 0.1) is 0 Å². The van der Waals surface area contributed by atoms with E-state index < -0.39 is 0 Å². The van der Waals surface area contributed by atoms with Crippen LogP contribution in [0.2, 0.25) is 0 Å². The Labute approximate surface area is 42.4 Å². The van der Waals surface area contributed by atoms with Crippen LogP contribution >= 0.6 is 12.8 Å². The molecule has 1 aliphatic rings. The number of rotatable bonds is 0. The average molecular weight is 102 g/mol. The fourth-order valence-electron chi connectivity index (χ4n) is 0.338. The van der Waals surface area contributed by atoms with E-state index in [1.165, 1.54) is 0 Å². The van der Waals surface area contributed by atoms with E-state index in [9.17, 15) is 0 Å². The van der Waals surface area contributed by atoms with Crippen LogP contribution in [0.5, 0.6) is 0 Å². The molecule has 0 radical (unpaired) electrons. The Bertz CT molecular complexity index is 71.2. The lowest BCUT2D eigenvalue weighted by molar-refractivity contribution is 0.640. The number of hydrogen-bond donors (Lipinski definition) is 2. The Kier molecular flexibility index (Phi) is 0.919. The summed E-state index contributed by atoms with van der Waals surface area (Å²) >= 11 is 3.98. The Balaban J connectivity index is 2.38. The molecule has 3 heteroatoms. The number of hydrogen-bond acceptors (Lipinski definition) is 3. The molecule has 0 bridgehead atoms. The highest BCUT2D eigenvalue weighted by molar-refractivity contribution is 7.77. The molecule has 0 aromatic heterocycles. The number of nitrogens with zero attached hydrogens (tertiary/aromatic N) is 1. The zero-order valence-electron chi connectivity index (χ0n) is 3.26. The molecule has 6 heavy (non-hydrogen) atoms. The van der Waals surface area contributed by atoms with Gasteiger partial charge in [-0.15, -0.1) is 0 Å². The molecule has 0 saturated heterocycles. The summed E-state index contributed by atoms with van der Waals surface area (Å²) in [7, 11) is 0. The lowest BCUT2D eigenvalue weighted by atomic mass is 11.0. The molecule has 1 aliphatic heterocycles. The highest BCUT2D eigenvalue weighted by Crippen LogP contribution is 1.94. The summed E-state index contributed by atoms with van der Waals surface area (Å²) in [5.41, 5.74) is 0. The second-order valence-electron chi connectivity index (χ2n) is 1.12. The lowest BCUT2D eigenvalue weighted by Gasteiger charge is -2.00. The second kappa shape index (κ2) is 1.43. The van der Waals surface area contributed by atoms with Crippen molar-refractivity contribution in [1.29, 1.82) is 0 Å². The molecule has 1 rings (SSSR count). The van der Waals surface area contributed by atoms with Crippen LogP contribution in [0.25, 0.3) is 0 Å². The smallest absolute Gasteiger partial charge is 0.0972 e. The van der Waals surface area contributed by atoms with E-state index in [-0.39, 0.29) is 0 Å². The summed E-state index contributed by atoms with van der Waals surface area (Å²) < 4.78 is 1.76. The Morgan fingerprint density at radius 2 is 2.67 bits per heavy atom. The molecule has 1 N–H and O–H groups in total. The molecule has 0 aromatic rings. The first-order valence-electron chi connectivity index (χ1n) is 1.75. The standard InChI is InChI=1S/C3H6N2S/c6-5-2-1-4-3-5/h1-2,4,6H,3H2. The Morgan fingerprint density at radius 3 is 2.83 bits per heavy atom. The minimum atomic E-state index is 0.823. The van der Waals surface area contributed by atoms with Gasteiger partial charge >= 0.3 is 0 Å². The van der Waals surface area contributed by atoms with Crippen molar-refractivity contribution in [2.45, 2.75) is 0 Å². The van der Waals surface area contributed by atoms with E-state index in [0.717, 1.165) is 6.67 Å². The zero-order chi connectivity index (χ0) is 4.41.